The number of piperidine rings is 1. The summed E-state index contributed by atoms with van der Waals surface area (Å²) in [6, 6.07) is 1.62. The van der Waals surface area contributed by atoms with E-state index in [2.05, 4.69) is 16.0 Å². The minimum atomic E-state index is -2.60. The number of hydrogen-bond donors (Lipinski definition) is 0. The zero-order valence-corrected chi connectivity index (χ0v) is 11.7. The highest BCUT2D eigenvalue weighted by Gasteiger charge is 2.36. The fraction of sp³-hybridized carbons (Fsp3) is 0.643. The van der Waals surface area contributed by atoms with Crippen LogP contribution < -0.4 is 0 Å². The lowest BCUT2D eigenvalue weighted by molar-refractivity contribution is -0.0595. The summed E-state index contributed by atoms with van der Waals surface area (Å²) in [6.45, 7) is 4.42. The molecule has 2 rings (SSSR count). The fourth-order valence-electron chi connectivity index (χ4n) is 2.26. The van der Waals surface area contributed by atoms with Gasteiger partial charge in [0.1, 0.15) is 11.9 Å². The molecule has 4 nitrogen and oxygen atoms in total. The lowest BCUT2D eigenvalue weighted by Gasteiger charge is -2.34. The molecule has 20 heavy (non-hydrogen) atoms. The first kappa shape index (κ1) is 14.8. The van der Waals surface area contributed by atoms with Gasteiger partial charge in [-0.15, -0.1) is 0 Å². The second-order valence-electron chi connectivity index (χ2n) is 5.45. The molecule has 1 fully saturated rings. The number of hydrogen-bond acceptors (Lipinski definition) is 4. The summed E-state index contributed by atoms with van der Waals surface area (Å²) in [5, 5.41) is 9.31. The summed E-state index contributed by atoms with van der Waals surface area (Å²) in [5.41, 5.74) is 0.669. The van der Waals surface area contributed by atoms with Gasteiger partial charge in [0, 0.05) is 49.8 Å². The minimum Gasteiger partial charge on any atom is -0.284 e. The van der Waals surface area contributed by atoms with E-state index in [0.29, 0.717) is 5.56 Å². The van der Waals surface area contributed by atoms with E-state index in [1.165, 1.54) is 0 Å². The molecule has 0 aromatic carbocycles. The van der Waals surface area contributed by atoms with E-state index in [1.807, 2.05) is 13.8 Å². The van der Waals surface area contributed by atoms with Crippen LogP contribution in [0.2, 0.25) is 0 Å². The van der Waals surface area contributed by atoms with Crippen LogP contribution in [0.4, 0.5) is 8.78 Å². The van der Waals surface area contributed by atoms with Gasteiger partial charge in [-0.2, -0.15) is 5.26 Å². The van der Waals surface area contributed by atoms with Crippen molar-refractivity contribution in [2.45, 2.75) is 44.6 Å². The van der Waals surface area contributed by atoms with E-state index >= 15 is 0 Å². The van der Waals surface area contributed by atoms with Crippen molar-refractivity contribution in [3.63, 3.8) is 0 Å². The number of likely N-dealkylation sites (tertiary alicyclic amines) is 1. The van der Waals surface area contributed by atoms with Crippen LogP contribution in [0.15, 0.2) is 12.4 Å². The molecule has 0 saturated carbocycles. The van der Waals surface area contributed by atoms with Gasteiger partial charge in [0.05, 0.1) is 6.07 Å². The number of nitrogens with zero attached hydrogens (tertiary/aromatic N) is 4. The normalized spacial score (nSPS) is 20.6. The first-order valence-corrected chi connectivity index (χ1v) is 6.76. The lowest BCUT2D eigenvalue weighted by Crippen LogP contribution is -2.41. The molecule has 0 amide bonds. The van der Waals surface area contributed by atoms with Crippen LogP contribution >= 0.6 is 0 Å². The number of halogens is 2. The molecule has 1 saturated heterocycles. The van der Waals surface area contributed by atoms with Gasteiger partial charge in [0.15, 0.2) is 0 Å². The van der Waals surface area contributed by atoms with Crippen LogP contribution in [0.5, 0.6) is 0 Å². The van der Waals surface area contributed by atoms with Crippen LogP contribution in [0, 0.1) is 11.3 Å². The zero-order valence-electron chi connectivity index (χ0n) is 11.7. The van der Waals surface area contributed by atoms with E-state index in [4.69, 9.17) is 0 Å². The third kappa shape index (κ3) is 3.28. The number of nitriles is 1. The number of alkyl halides is 2. The van der Waals surface area contributed by atoms with Crippen molar-refractivity contribution in [1.82, 2.24) is 14.9 Å². The number of aromatic nitrogens is 2. The molecule has 1 aromatic heterocycles. The highest BCUT2D eigenvalue weighted by Crippen LogP contribution is 2.31. The molecule has 1 aliphatic rings. The van der Waals surface area contributed by atoms with Gasteiger partial charge in [0.2, 0.25) is 0 Å². The topological polar surface area (TPSA) is 52.8 Å². The van der Waals surface area contributed by atoms with E-state index in [-0.39, 0.29) is 31.8 Å². The van der Waals surface area contributed by atoms with E-state index in [0.717, 1.165) is 5.82 Å². The fourth-order valence-corrected chi connectivity index (χ4v) is 2.26. The van der Waals surface area contributed by atoms with Gasteiger partial charge in [-0.25, -0.2) is 18.7 Å². The Balaban J connectivity index is 2.11. The van der Waals surface area contributed by atoms with Gasteiger partial charge in [-0.1, -0.05) is 13.8 Å². The average Bonchev–Trinajstić information content (AvgIpc) is 2.42. The zero-order chi connectivity index (χ0) is 14.8. The van der Waals surface area contributed by atoms with Gasteiger partial charge in [0.25, 0.3) is 5.92 Å². The lowest BCUT2D eigenvalue weighted by atomic mass is 10.0. The number of rotatable bonds is 3. The van der Waals surface area contributed by atoms with Crippen LogP contribution in [0.25, 0.3) is 0 Å². The Morgan fingerprint density at radius 3 is 2.25 bits per heavy atom. The highest BCUT2D eigenvalue weighted by atomic mass is 19.3. The molecule has 0 N–H and O–H groups in total. The molecular formula is C14H18F2N4. The monoisotopic (exact) mass is 280 g/mol. The van der Waals surface area contributed by atoms with E-state index < -0.39 is 12.0 Å². The van der Waals surface area contributed by atoms with Crippen LogP contribution in [0.3, 0.4) is 0 Å². The molecule has 1 aliphatic heterocycles. The molecule has 1 atom stereocenters. The second kappa shape index (κ2) is 5.80. The molecular weight excluding hydrogens is 262 g/mol. The SMILES string of the molecule is CC(C)c1ncc(C(C#N)N2CCC(F)(F)CC2)cn1. The first-order chi connectivity index (χ1) is 9.43. The van der Waals surface area contributed by atoms with Crippen molar-refractivity contribution in [1.29, 1.82) is 5.26 Å². The maximum atomic E-state index is 13.2. The third-order valence-corrected chi connectivity index (χ3v) is 3.54. The van der Waals surface area contributed by atoms with Crippen LogP contribution in [-0.2, 0) is 0 Å². The summed E-state index contributed by atoms with van der Waals surface area (Å²) in [6.07, 6.45) is 2.86. The standard InChI is InChI=1S/C14H18F2N4/c1-10(2)13-18-8-11(9-19-13)12(7-17)20-5-3-14(15,16)4-6-20/h8-10,12H,3-6H2,1-2H3. The first-order valence-electron chi connectivity index (χ1n) is 6.76. The Hall–Kier alpha value is -1.61. The highest BCUT2D eigenvalue weighted by molar-refractivity contribution is 5.19. The Kier molecular flexibility index (Phi) is 4.29. The summed E-state index contributed by atoms with van der Waals surface area (Å²) in [4.78, 5) is 10.2. The minimum absolute atomic E-state index is 0.198. The Labute approximate surface area is 117 Å². The smallest absolute Gasteiger partial charge is 0.250 e. The van der Waals surface area contributed by atoms with Gasteiger partial charge in [-0.05, 0) is 0 Å². The largest absolute Gasteiger partial charge is 0.284 e. The maximum absolute atomic E-state index is 13.2. The maximum Gasteiger partial charge on any atom is 0.250 e. The molecule has 1 aromatic rings. The molecule has 108 valence electrons. The van der Waals surface area contributed by atoms with Gasteiger partial charge >= 0.3 is 0 Å². The molecule has 0 spiro atoms. The molecule has 1 unspecified atom stereocenters. The predicted octanol–water partition coefficient (Wildman–Crippen LogP) is 2.90. The summed E-state index contributed by atoms with van der Waals surface area (Å²) in [5.74, 6) is -1.66. The van der Waals surface area contributed by atoms with Gasteiger partial charge < -0.3 is 0 Å². The van der Waals surface area contributed by atoms with Crippen LogP contribution in [-0.4, -0.2) is 33.9 Å². The van der Waals surface area contributed by atoms with Crippen molar-refractivity contribution >= 4 is 0 Å². The Morgan fingerprint density at radius 2 is 1.80 bits per heavy atom. The van der Waals surface area contributed by atoms with E-state index in [9.17, 15) is 14.0 Å². The van der Waals surface area contributed by atoms with Crippen molar-refractivity contribution < 1.29 is 8.78 Å². The van der Waals surface area contributed by atoms with Crippen molar-refractivity contribution in [2.75, 3.05) is 13.1 Å². The van der Waals surface area contributed by atoms with E-state index in [1.54, 1.807) is 17.3 Å². The second-order valence-corrected chi connectivity index (χ2v) is 5.45. The molecule has 0 radical (unpaired) electrons. The average molecular weight is 280 g/mol. The Bertz CT molecular complexity index is 483. The summed E-state index contributed by atoms with van der Waals surface area (Å²) >= 11 is 0. The van der Waals surface area contributed by atoms with Gasteiger partial charge in [-0.3, -0.25) is 4.90 Å². The Morgan fingerprint density at radius 1 is 1.25 bits per heavy atom. The quantitative estimate of drug-likeness (QED) is 0.854. The predicted molar refractivity (Wildman–Crippen MR) is 70.2 cm³/mol. The molecule has 0 bridgehead atoms. The van der Waals surface area contributed by atoms with Crippen molar-refractivity contribution in [2.24, 2.45) is 0 Å². The molecule has 2 heterocycles. The molecule has 0 aliphatic carbocycles. The summed E-state index contributed by atoms with van der Waals surface area (Å²) in [7, 11) is 0. The molecule has 6 heteroatoms. The summed E-state index contributed by atoms with van der Waals surface area (Å²) < 4.78 is 26.3. The van der Waals surface area contributed by atoms with Crippen molar-refractivity contribution in [3.8, 4) is 6.07 Å². The van der Waals surface area contributed by atoms with Crippen LogP contribution in [0.1, 0.15) is 50.0 Å². The van der Waals surface area contributed by atoms with Crippen molar-refractivity contribution in [3.05, 3.63) is 23.8 Å². The third-order valence-electron chi connectivity index (χ3n) is 3.54.